The second kappa shape index (κ2) is 7.73. The molecule has 116 valence electrons. The van der Waals surface area contributed by atoms with E-state index in [9.17, 15) is 9.59 Å². The minimum atomic E-state index is -0.639. The third kappa shape index (κ3) is 6.35. The molecule has 0 aromatic carbocycles. The molecule has 0 aliphatic carbocycles. The highest BCUT2D eigenvalue weighted by atomic mass is 16.6. The summed E-state index contributed by atoms with van der Waals surface area (Å²) < 4.78 is 10.3. The Balaban J connectivity index is 2.75. The van der Waals surface area contributed by atoms with Crippen molar-refractivity contribution in [3.8, 4) is 0 Å². The molecule has 0 saturated heterocycles. The number of hydrogen-bond acceptors (Lipinski definition) is 5. The minimum absolute atomic E-state index is 0.136. The van der Waals surface area contributed by atoms with Crippen molar-refractivity contribution in [3.63, 3.8) is 0 Å². The van der Waals surface area contributed by atoms with Crippen molar-refractivity contribution in [1.29, 1.82) is 0 Å². The van der Waals surface area contributed by atoms with Crippen LogP contribution in [0.5, 0.6) is 0 Å². The van der Waals surface area contributed by atoms with Gasteiger partial charge in [-0.15, -0.1) is 0 Å². The second-order valence-corrected chi connectivity index (χ2v) is 5.40. The number of carbonyl (C=O) groups is 2. The summed E-state index contributed by atoms with van der Waals surface area (Å²) in [7, 11) is 0. The van der Waals surface area contributed by atoms with E-state index in [1.807, 2.05) is 6.92 Å². The summed E-state index contributed by atoms with van der Waals surface area (Å²) >= 11 is 0. The van der Waals surface area contributed by atoms with Gasteiger partial charge in [0.1, 0.15) is 11.4 Å². The van der Waals surface area contributed by atoms with Gasteiger partial charge in [0.2, 0.25) is 0 Å². The highest BCUT2D eigenvalue weighted by Crippen LogP contribution is 2.16. The van der Waals surface area contributed by atoms with Gasteiger partial charge in [-0.2, -0.15) is 0 Å². The van der Waals surface area contributed by atoms with Crippen LogP contribution < -0.4 is 5.32 Å². The standard InChI is InChI=1S/C15H22N2O4/c1-5-20-10-8-12(18)11-7-6-9-16-13(11)17-14(19)21-15(2,3)4/h6-7,9H,5,8,10H2,1-4H3,(H,16,17,19). The lowest BCUT2D eigenvalue weighted by molar-refractivity contribution is 0.0635. The number of nitrogens with zero attached hydrogens (tertiary/aromatic N) is 1. The van der Waals surface area contributed by atoms with Gasteiger partial charge < -0.3 is 9.47 Å². The molecule has 0 saturated carbocycles. The molecule has 0 fully saturated rings. The fourth-order valence-electron chi connectivity index (χ4n) is 1.57. The highest BCUT2D eigenvalue weighted by molar-refractivity contribution is 6.02. The predicted molar refractivity (Wildman–Crippen MR) is 79.5 cm³/mol. The summed E-state index contributed by atoms with van der Waals surface area (Å²) in [5.41, 5.74) is -0.263. The van der Waals surface area contributed by atoms with Gasteiger partial charge >= 0.3 is 6.09 Å². The zero-order valence-corrected chi connectivity index (χ0v) is 12.9. The lowest BCUT2D eigenvalue weighted by atomic mass is 10.1. The van der Waals surface area contributed by atoms with E-state index in [1.54, 1.807) is 32.9 Å². The SMILES string of the molecule is CCOCCC(=O)c1cccnc1NC(=O)OC(C)(C)C. The molecule has 1 rings (SSSR count). The molecule has 1 N–H and O–H groups in total. The number of carbonyl (C=O) groups excluding carboxylic acids is 2. The van der Waals surface area contributed by atoms with Gasteiger partial charge in [-0.1, -0.05) is 0 Å². The number of amides is 1. The monoisotopic (exact) mass is 294 g/mol. The summed E-state index contributed by atoms with van der Waals surface area (Å²) in [6.07, 6.45) is 1.11. The Kier molecular flexibility index (Phi) is 6.30. The van der Waals surface area contributed by atoms with Gasteiger partial charge in [-0.05, 0) is 39.8 Å². The molecule has 6 nitrogen and oxygen atoms in total. The number of anilines is 1. The molecule has 1 aromatic heterocycles. The van der Waals surface area contributed by atoms with Crippen molar-refractivity contribution in [2.75, 3.05) is 18.5 Å². The van der Waals surface area contributed by atoms with Gasteiger partial charge in [-0.3, -0.25) is 10.1 Å². The third-order valence-electron chi connectivity index (χ3n) is 2.41. The number of pyridine rings is 1. The average molecular weight is 294 g/mol. The van der Waals surface area contributed by atoms with E-state index < -0.39 is 11.7 Å². The summed E-state index contributed by atoms with van der Waals surface area (Å²) in [5, 5.41) is 2.50. The van der Waals surface area contributed by atoms with Crippen LogP contribution in [-0.4, -0.2) is 35.7 Å². The molecule has 0 aliphatic rings. The van der Waals surface area contributed by atoms with Gasteiger partial charge in [0.05, 0.1) is 12.2 Å². The van der Waals surface area contributed by atoms with Crippen LogP contribution in [0.25, 0.3) is 0 Å². The van der Waals surface area contributed by atoms with Crippen LogP contribution in [0.2, 0.25) is 0 Å². The molecule has 0 radical (unpaired) electrons. The molecule has 0 spiro atoms. The van der Waals surface area contributed by atoms with Gasteiger partial charge in [-0.25, -0.2) is 9.78 Å². The van der Waals surface area contributed by atoms with Crippen molar-refractivity contribution in [1.82, 2.24) is 4.98 Å². The number of rotatable bonds is 6. The van der Waals surface area contributed by atoms with Crippen LogP contribution in [0.1, 0.15) is 44.5 Å². The Morgan fingerprint density at radius 2 is 2.05 bits per heavy atom. The minimum Gasteiger partial charge on any atom is -0.444 e. The van der Waals surface area contributed by atoms with Crippen LogP contribution in [0.3, 0.4) is 0 Å². The first kappa shape index (κ1) is 17.1. The number of ketones is 1. The fourth-order valence-corrected chi connectivity index (χ4v) is 1.57. The van der Waals surface area contributed by atoms with E-state index in [4.69, 9.17) is 9.47 Å². The molecule has 0 atom stereocenters. The Bertz CT molecular complexity index is 495. The van der Waals surface area contributed by atoms with Crippen molar-refractivity contribution in [2.45, 2.75) is 39.7 Å². The van der Waals surface area contributed by atoms with Crippen LogP contribution in [0, 0.1) is 0 Å². The Labute approximate surface area is 124 Å². The van der Waals surface area contributed by atoms with Gasteiger partial charge in [0.25, 0.3) is 0 Å². The first-order chi connectivity index (χ1) is 9.83. The molecule has 6 heteroatoms. The molecule has 0 bridgehead atoms. The number of ether oxygens (including phenoxy) is 2. The summed E-state index contributed by atoms with van der Waals surface area (Å²) in [6.45, 7) is 8.06. The average Bonchev–Trinajstić information content (AvgIpc) is 2.37. The lowest BCUT2D eigenvalue weighted by Crippen LogP contribution is -2.28. The lowest BCUT2D eigenvalue weighted by Gasteiger charge is -2.19. The first-order valence-corrected chi connectivity index (χ1v) is 6.89. The summed E-state index contributed by atoms with van der Waals surface area (Å²) in [5.74, 6) is 0.0656. The van der Waals surface area contributed by atoms with Crippen LogP contribution in [-0.2, 0) is 9.47 Å². The van der Waals surface area contributed by atoms with Crippen molar-refractivity contribution < 1.29 is 19.1 Å². The van der Waals surface area contributed by atoms with E-state index in [-0.39, 0.29) is 18.0 Å². The zero-order valence-electron chi connectivity index (χ0n) is 12.9. The van der Waals surface area contributed by atoms with Crippen LogP contribution in [0.4, 0.5) is 10.6 Å². The molecule has 1 heterocycles. The number of nitrogens with one attached hydrogen (secondary N) is 1. The molecular formula is C15H22N2O4. The van der Waals surface area contributed by atoms with Crippen molar-refractivity contribution in [3.05, 3.63) is 23.9 Å². The molecule has 21 heavy (non-hydrogen) atoms. The second-order valence-electron chi connectivity index (χ2n) is 5.40. The zero-order chi connectivity index (χ0) is 15.9. The Hall–Kier alpha value is -1.95. The van der Waals surface area contributed by atoms with Crippen molar-refractivity contribution >= 4 is 17.7 Å². The maximum absolute atomic E-state index is 12.1. The third-order valence-corrected chi connectivity index (χ3v) is 2.41. The van der Waals surface area contributed by atoms with Gasteiger partial charge in [0.15, 0.2) is 5.78 Å². The largest absolute Gasteiger partial charge is 0.444 e. The van der Waals surface area contributed by atoms with Crippen LogP contribution in [0.15, 0.2) is 18.3 Å². The summed E-state index contributed by atoms with van der Waals surface area (Å²) in [4.78, 5) is 27.9. The van der Waals surface area contributed by atoms with E-state index in [0.29, 0.717) is 18.8 Å². The van der Waals surface area contributed by atoms with E-state index in [0.717, 1.165) is 0 Å². The fraction of sp³-hybridized carbons (Fsp3) is 0.533. The number of aromatic nitrogens is 1. The maximum Gasteiger partial charge on any atom is 0.413 e. The van der Waals surface area contributed by atoms with Crippen LogP contribution >= 0.6 is 0 Å². The molecule has 0 aliphatic heterocycles. The molecule has 0 unspecified atom stereocenters. The molecule has 1 amide bonds. The highest BCUT2D eigenvalue weighted by Gasteiger charge is 2.19. The predicted octanol–water partition coefficient (Wildman–Crippen LogP) is 3.04. The van der Waals surface area contributed by atoms with E-state index >= 15 is 0 Å². The smallest absolute Gasteiger partial charge is 0.413 e. The van der Waals surface area contributed by atoms with E-state index in [1.165, 1.54) is 6.20 Å². The number of Topliss-reactive ketones (excluding diaryl/α,β-unsaturated/α-hetero) is 1. The number of hydrogen-bond donors (Lipinski definition) is 1. The first-order valence-electron chi connectivity index (χ1n) is 6.89. The quantitative estimate of drug-likeness (QED) is 0.644. The Morgan fingerprint density at radius 3 is 2.67 bits per heavy atom. The van der Waals surface area contributed by atoms with Gasteiger partial charge in [0, 0.05) is 19.2 Å². The Morgan fingerprint density at radius 1 is 1.33 bits per heavy atom. The normalized spacial score (nSPS) is 11.0. The summed E-state index contributed by atoms with van der Waals surface area (Å²) in [6, 6.07) is 3.27. The molecule has 1 aromatic rings. The van der Waals surface area contributed by atoms with Crippen molar-refractivity contribution in [2.24, 2.45) is 0 Å². The topological polar surface area (TPSA) is 77.5 Å². The molecular weight excluding hydrogens is 272 g/mol. The maximum atomic E-state index is 12.1. The van der Waals surface area contributed by atoms with E-state index in [2.05, 4.69) is 10.3 Å².